The number of nitrogens with zero attached hydrogens (tertiary/aromatic N) is 3. The van der Waals surface area contributed by atoms with Crippen molar-refractivity contribution in [2.45, 2.75) is 51.0 Å². The highest BCUT2D eigenvalue weighted by molar-refractivity contribution is 6.12. The molecule has 0 radical (unpaired) electrons. The Labute approximate surface area is 201 Å². The molecule has 5 rings (SSSR count). The molecule has 0 aliphatic carbocycles. The van der Waals surface area contributed by atoms with Gasteiger partial charge in [0.25, 0.3) is 11.8 Å². The fourth-order valence-electron chi connectivity index (χ4n) is 5.43. The minimum atomic E-state index is -0.994. The summed E-state index contributed by atoms with van der Waals surface area (Å²) in [5.41, 5.74) is 2.47. The van der Waals surface area contributed by atoms with Crippen LogP contribution in [0.1, 0.15) is 60.5 Å². The molecule has 2 fully saturated rings. The zero-order chi connectivity index (χ0) is 23.5. The third kappa shape index (κ3) is 4.59. The molecule has 3 aliphatic heterocycles. The summed E-state index contributed by atoms with van der Waals surface area (Å²) in [5.74, 6) is 0.635. The lowest BCUT2D eigenvalue weighted by Gasteiger charge is -2.32. The summed E-state index contributed by atoms with van der Waals surface area (Å²) < 4.78 is 0. The van der Waals surface area contributed by atoms with Gasteiger partial charge in [-0.25, -0.2) is 0 Å². The molecule has 3 heterocycles. The Morgan fingerprint density at radius 3 is 2.35 bits per heavy atom. The molecule has 178 valence electrons. The van der Waals surface area contributed by atoms with Gasteiger partial charge in [0.15, 0.2) is 0 Å². The molecule has 34 heavy (non-hydrogen) atoms. The fraction of sp³-hybridized carbons (Fsp3) is 0.464. The number of piperidine rings is 1. The van der Waals surface area contributed by atoms with Gasteiger partial charge in [0.1, 0.15) is 0 Å². The van der Waals surface area contributed by atoms with Gasteiger partial charge in [0.2, 0.25) is 5.60 Å². The molecule has 0 bridgehead atoms. The average Bonchev–Trinajstić information content (AvgIpc) is 3.55. The summed E-state index contributed by atoms with van der Waals surface area (Å²) in [6.07, 6.45) is 5.54. The lowest BCUT2D eigenvalue weighted by Crippen LogP contribution is -2.46. The van der Waals surface area contributed by atoms with Crippen LogP contribution in [0.3, 0.4) is 0 Å². The smallest absolute Gasteiger partial charge is 0.269 e. The van der Waals surface area contributed by atoms with Gasteiger partial charge in [-0.15, -0.1) is 0 Å². The maximum absolute atomic E-state index is 13.5. The van der Waals surface area contributed by atoms with Gasteiger partial charge in [0, 0.05) is 43.7 Å². The maximum Gasteiger partial charge on any atom is 0.269 e. The number of carbonyl (C=O) groups excluding carboxylic acids is 2. The quantitative estimate of drug-likeness (QED) is 0.670. The number of likely N-dealkylation sites (tertiary alicyclic amines) is 2. The fourth-order valence-corrected chi connectivity index (χ4v) is 5.43. The van der Waals surface area contributed by atoms with Crippen molar-refractivity contribution >= 4 is 17.5 Å². The lowest BCUT2D eigenvalue weighted by molar-refractivity contribution is -0.152. The Kier molecular flexibility index (Phi) is 6.40. The molecule has 2 amide bonds. The van der Waals surface area contributed by atoms with E-state index >= 15 is 0 Å². The average molecular weight is 460 g/mol. The maximum atomic E-state index is 13.5. The summed E-state index contributed by atoms with van der Waals surface area (Å²) in [7, 11) is 0. The lowest BCUT2D eigenvalue weighted by atomic mass is 9.89. The van der Waals surface area contributed by atoms with E-state index in [0.717, 1.165) is 63.8 Å². The number of hydrogen-bond donors (Lipinski definition) is 0. The molecule has 6 nitrogen and oxygen atoms in total. The molecule has 6 heteroatoms. The van der Waals surface area contributed by atoms with Gasteiger partial charge in [-0.05, 0) is 56.6 Å². The molecule has 0 saturated carbocycles. The van der Waals surface area contributed by atoms with E-state index < -0.39 is 5.60 Å². The molecule has 2 saturated heterocycles. The van der Waals surface area contributed by atoms with E-state index in [0.29, 0.717) is 23.6 Å². The van der Waals surface area contributed by atoms with Crippen molar-refractivity contribution in [2.24, 2.45) is 11.1 Å². The first-order chi connectivity index (χ1) is 16.5. The van der Waals surface area contributed by atoms with Crippen LogP contribution in [0.5, 0.6) is 0 Å². The summed E-state index contributed by atoms with van der Waals surface area (Å²) in [6.45, 7) is 4.90. The Balaban J connectivity index is 1.25. The summed E-state index contributed by atoms with van der Waals surface area (Å²) >= 11 is 0. The van der Waals surface area contributed by atoms with Crippen molar-refractivity contribution < 1.29 is 14.4 Å². The molecule has 3 aliphatic rings. The standard InChI is InChI=1S/C28H33N3O3/c1-28(27(33)31-15-7-8-16-31)20-25(29-34-28)23-11-5-6-12-24(23)26(32)30-17-13-22(14-18-30)19-21-9-3-2-4-10-21/h2-6,9-12,22H,7-8,13-20H2,1H3. The Bertz CT molecular complexity index is 1070. The molecule has 2 aromatic carbocycles. The zero-order valence-corrected chi connectivity index (χ0v) is 19.9. The molecule has 1 atom stereocenters. The minimum absolute atomic E-state index is 0.00644. The third-order valence-corrected chi connectivity index (χ3v) is 7.45. The van der Waals surface area contributed by atoms with E-state index in [4.69, 9.17) is 4.84 Å². The predicted octanol–water partition coefficient (Wildman–Crippen LogP) is 4.29. The molecule has 0 N–H and O–H groups in total. The summed E-state index contributed by atoms with van der Waals surface area (Å²) in [5, 5.41) is 4.30. The minimum Gasteiger partial charge on any atom is -0.379 e. The van der Waals surface area contributed by atoms with Crippen molar-refractivity contribution in [2.75, 3.05) is 26.2 Å². The molecule has 0 spiro atoms. The second-order valence-electron chi connectivity index (χ2n) is 10.0. The number of benzene rings is 2. The topological polar surface area (TPSA) is 62.2 Å². The first-order valence-electron chi connectivity index (χ1n) is 12.5. The van der Waals surface area contributed by atoms with Gasteiger partial charge in [0.05, 0.1) is 5.71 Å². The number of hydrogen-bond acceptors (Lipinski definition) is 4. The van der Waals surface area contributed by atoms with Crippen LogP contribution < -0.4 is 0 Å². The Morgan fingerprint density at radius 2 is 1.62 bits per heavy atom. The van der Waals surface area contributed by atoms with Crippen LogP contribution in [-0.4, -0.2) is 59.1 Å². The number of oxime groups is 1. The SMILES string of the molecule is CC1(C(=O)N2CCCC2)CC(c2ccccc2C(=O)N2CCC(Cc3ccccc3)CC2)=NO1. The number of amides is 2. The third-order valence-electron chi connectivity index (χ3n) is 7.45. The molecule has 0 aromatic heterocycles. The molecular weight excluding hydrogens is 426 g/mol. The van der Waals surface area contributed by atoms with E-state index in [9.17, 15) is 9.59 Å². The monoisotopic (exact) mass is 459 g/mol. The van der Waals surface area contributed by atoms with Crippen LogP contribution in [0.2, 0.25) is 0 Å². The first-order valence-corrected chi connectivity index (χ1v) is 12.5. The number of rotatable bonds is 5. The van der Waals surface area contributed by atoms with Crippen LogP contribution in [0.4, 0.5) is 0 Å². The zero-order valence-electron chi connectivity index (χ0n) is 19.9. The van der Waals surface area contributed by atoms with E-state index in [-0.39, 0.29) is 11.8 Å². The molecular formula is C28H33N3O3. The van der Waals surface area contributed by atoms with E-state index in [2.05, 4.69) is 29.4 Å². The van der Waals surface area contributed by atoms with Crippen LogP contribution in [0.25, 0.3) is 0 Å². The summed E-state index contributed by atoms with van der Waals surface area (Å²) in [6, 6.07) is 18.2. The van der Waals surface area contributed by atoms with Gasteiger partial charge in [-0.2, -0.15) is 0 Å². The van der Waals surface area contributed by atoms with Gasteiger partial charge < -0.3 is 14.6 Å². The second-order valence-corrected chi connectivity index (χ2v) is 10.0. The molecule has 1 unspecified atom stereocenters. The Hall–Kier alpha value is -3.15. The van der Waals surface area contributed by atoms with E-state index in [1.807, 2.05) is 47.1 Å². The van der Waals surface area contributed by atoms with Crippen LogP contribution >= 0.6 is 0 Å². The highest BCUT2D eigenvalue weighted by Crippen LogP contribution is 2.31. The van der Waals surface area contributed by atoms with Gasteiger partial charge in [-0.1, -0.05) is 53.7 Å². The first kappa shape index (κ1) is 22.6. The van der Waals surface area contributed by atoms with Crippen LogP contribution in [-0.2, 0) is 16.1 Å². The van der Waals surface area contributed by atoms with Crippen molar-refractivity contribution in [1.29, 1.82) is 0 Å². The van der Waals surface area contributed by atoms with Crippen molar-refractivity contribution in [3.63, 3.8) is 0 Å². The highest BCUT2D eigenvalue weighted by atomic mass is 16.7. The van der Waals surface area contributed by atoms with Crippen LogP contribution in [0, 0.1) is 5.92 Å². The second kappa shape index (κ2) is 9.61. The molecule has 2 aromatic rings. The number of carbonyl (C=O) groups is 2. The van der Waals surface area contributed by atoms with Gasteiger partial charge >= 0.3 is 0 Å². The van der Waals surface area contributed by atoms with E-state index in [1.165, 1.54) is 5.56 Å². The highest BCUT2D eigenvalue weighted by Gasteiger charge is 2.45. The van der Waals surface area contributed by atoms with Crippen molar-refractivity contribution in [3.8, 4) is 0 Å². The largest absolute Gasteiger partial charge is 0.379 e. The van der Waals surface area contributed by atoms with Gasteiger partial charge in [-0.3, -0.25) is 9.59 Å². The predicted molar refractivity (Wildman–Crippen MR) is 132 cm³/mol. The normalized spacial score (nSPS) is 23.0. The van der Waals surface area contributed by atoms with E-state index in [1.54, 1.807) is 0 Å². The Morgan fingerprint density at radius 1 is 0.941 bits per heavy atom. The van der Waals surface area contributed by atoms with Crippen molar-refractivity contribution in [1.82, 2.24) is 9.80 Å². The van der Waals surface area contributed by atoms with Crippen molar-refractivity contribution in [3.05, 3.63) is 71.3 Å². The van der Waals surface area contributed by atoms with Crippen LogP contribution in [0.15, 0.2) is 59.8 Å². The summed E-state index contributed by atoms with van der Waals surface area (Å²) in [4.78, 5) is 36.1.